The summed E-state index contributed by atoms with van der Waals surface area (Å²) in [5.74, 6) is -0.336. The van der Waals surface area contributed by atoms with Gasteiger partial charge in [-0.15, -0.1) is 0 Å². The van der Waals surface area contributed by atoms with E-state index in [-0.39, 0.29) is 11.6 Å². The average molecular weight is 375 g/mol. The first-order valence-corrected chi connectivity index (χ1v) is 8.60. The van der Waals surface area contributed by atoms with Crippen LogP contribution in [0.4, 0.5) is 17.1 Å². The number of nitrogens with one attached hydrogen (secondary N) is 1. The molecular formula is C18H19ClN4O3. The molecule has 1 saturated heterocycles. The number of hydrogen-bond donors (Lipinski definition) is 1. The van der Waals surface area contributed by atoms with Crippen LogP contribution in [-0.4, -0.2) is 49.0 Å². The maximum absolute atomic E-state index is 12.5. The zero-order valence-corrected chi connectivity index (χ0v) is 15.1. The molecule has 7 nitrogen and oxygen atoms in total. The van der Waals surface area contributed by atoms with Gasteiger partial charge in [0.15, 0.2) is 0 Å². The Balaban J connectivity index is 1.89. The standard InChI is InChI=1S/C18H19ClN4O3/c1-21-8-10-22(11-9-21)17-7-6-15(23(25)26)12-16(17)20-18(24)13-2-4-14(19)5-3-13/h2-7,12H,8-11H2,1H3,(H,20,24). The lowest BCUT2D eigenvalue weighted by Crippen LogP contribution is -2.44. The Kier molecular flexibility index (Phi) is 5.39. The van der Waals surface area contributed by atoms with Crippen molar-refractivity contribution in [2.45, 2.75) is 0 Å². The minimum atomic E-state index is -0.467. The van der Waals surface area contributed by atoms with E-state index in [0.717, 1.165) is 31.9 Å². The molecule has 136 valence electrons. The number of anilines is 2. The Morgan fingerprint density at radius 2 is 1.77 bits per heavy atom. The van der Waals surface area contributed by atoms with Gasteiger partial charge in [-0.2, -0.15) is 0 Å². The van der Waals surface area contributed by atoms with E-state index in [1.165, 1.54) is 12.1 Å². The monoisotopic (exact) mass is 374 g/mol. The fourth-order valence-corrected chi connectivity index (χ4v) is 2.98. The van der Waals surface area contributed by atoms with Crippen LogP contribution in [-0.2, 0) is 0 Å². The summed E-state index contributed by atoms with van der Waals surface area (Å²) in [6, 6.07) is 11.1. The third-order valence-electron chi connectivity index (χ3n) is 4.39. The predicted octanol–water partition coefficient (Wildman–Crippen LogP) is 3.25. The molecule has 1 N–H and O–H groups in total. The first kappa shape index (κ1) is 18.2. The van der Waals surface area contributed by atoms with Crippen LogP contribution in [0.15, 0.2) is 42.5 Å². The van der Waals surface area contributed by atoms with Gasteiger partial charge in [-0.25, -0.2) is 0 Å². The van der Waals surface area contributed by atoms with E-state index < -0.39 is 4.92 Å². The van der Waals surface area contributed by atoms with Gasteiger partial charge in [0.1, 0.15) is 0 Å². The van der Waals surface area contributed by atoms with E-state index in [1.807, 2.05) is 0 Å². The molecule has 0 aromatic heterocycles. The van der Waals surface area contributed by atoms with E-state index in [9.17, 15) is 14.9 Å². The van der Waals surface area contributed by atoms with Crippen LogP contribution >= 0.6 is 11.6 Å². The molecule has 0 unspecified atom stereocenters. The number of amides is 1. The predicted molar refractivity (Wildman–Crippen MR) is 102 cm³/mol. The number of benzene rings is 2. The van der Waals surface area contributed by atoms with Crippen LogP contribution in [0.2, 0.25) is 5.02 Å². The van der Waals surface area contributed by atoms with Crippen LogP contribution in [0.25, 0.3) is 0 Å². The van der Waals surface area contributed by atoms with Crippen molar-refractivity contribution < 1.29 is 9.72 Å². The molecule has 0 bridgehead atoms. The number of nitro benzene ring substituents is 1. The number of nitro groups is 1. The van der Waals surface area contributed by atoms with Crippen molar-refractivity contribution in [2.24, 2.45) is 0 Å². The van der Waals surface area contributed by atoms with Crippen molar-refractivity contribution in [1.29, 1.82) is 0 Å². The number of hydrogen-bond acceptors (Lipinski definition) is 5. The van der Waals surface area contributed by atoms with E-state index in [4.69, 9.17) is 11.6 Å². The van der Waals surface area contributed by atoms with E-state index >= 15 is 0 Å². The molecule has 26 heavy (non-hydrogen) atoms. The fraction of sp³-hybridized carbons (Fsp3) is 0.278. The summed E-state index contributed by atoms with van der Waals surface area (Å²) in [6.45, 7) is 3.36. The SMILES string of the molecule is CN1CCN(c2ccc([N+](=O)[O-])cc2NC(=O)c2ccc(Cl)cc2)CC1. The van der Waals surface area contributed by atoms with E-state index in [2.05, 4.69) is 22.2 Å². The second-order valence-corrected chi connectivity index (χ2v) is 6.65. The maximum Gasteiger partial charge on any atom is 0.271 e. The molecule has 3 rings (SSSR count). The number of halogens is 1. The highest BCUT2D eigenvalue weighted by molar-refractivity contribution is 6.30. The van der Waals surface area contributed by atoms with Crippen LogP contribution in [0.5, 0.6) is 0 Å². The lowest BCUT2D eigenvalue weighted by Gasteiger charge is -2.35. The number of nitrogens with zero attached hydrogens (tertiary/aromatic N) is 3. The summed E-state index contributed by atoms with van der Waals surface area (Å²) in [5.41, 5.74) is 1.59. The Bertz CT molecular complexity index is 818. The topological polar surface area (TPSA) is 78.7 Å². The van der Waals surface area contributed by atoms with Crippen LogP contribution < -0.4 is 10.2 Å². The highest BCUT2D eigenvalue weighted by Crippen LogP contribution is 2.31. The third-order valence-corrected chi connectivity index (χ3v) is 4.64. The summed E-state index contributed by atoms with van der Waals surface area (Å²) < 4.78 is 0. The minimum Gasteiger partial charge on any atom is -0.367 e. The van der Waals surface area contributed by atoms with Crippen LogP contribution in [0.1, 0.15) is 10.4 Å². The average Bonchev–Trinajstić information content (AvgIpc) is 2.63. The summed E-state index contributed by atoms with van der Waals surface area (Å²) in [7, 11) is 2.05. The smallest absolute Gasteiger partial charge is 0.271 e. The Morgan fingerprint density at radius 1 is 1.12 bits per heavy atom. The zero-order chi connectivity index (χ0) is 18.7. The molecule has 0 atom stereocenters. The van der Waals surface area contributed by atoms with Crippen molar-refractivity contribution in [3.63, 3.8) is 0 Å². The molecule has 0 spiro atoms. The highest BCUT2D eigenvalue weighted by atomic mass is 35.5. The zero-order valence-electron chi connectivity index (χ0n) is 14.3. The first-order chi connectivity index (χ1) is 12.4. The van der Waals surface area contributed by atoms with Crippen molar-refractivity contribution in [3.05, 3.63) is 63.2 Å². The summed E-state index contributed by atoms with van der Waals surface area (Å²) in [4.78, 5) is 27.6. The number of carbonyl (C=O) groups excluding carboxylic acids is 1. The summed E-state index contributed by atoms with van der Waals surface area (Å²) in [5, 5.41) is 14.5. The van der Waals surface area contributed by atoms with E-state index in [0.29, 0.717) is 16.3 Å². The van der Waals surface area contributed by atoms with Gasteiger partial charge in [-0.05, 0) is 37.4 Å². The number of carbonyl (C=O) groups is 1. The molecule has 2 aromatic carbocycles. The number of non-ortho nitro benzene ring substituents is 1. The quantitative estimate of drug-likeness (QED) is 0.656. The molecule has 8 heteroatoms. The van der Waals surface area contributed by atoms with Gasteiger partial charge >= 0.3 is 0 Å². The van der Waals surface area contributed by atoms with Crippen molar-refractivity contribution in [3.8, 4) is 0 Å². The van der Waals surface area contributed by atoms with Crippen molar-refractivity contribution in [2.75, 3.05) is 43.4 Å². The number of rotatable bonds is 4. The van der Waals surface area contributed by atoms with Crippen molar-refractivity contribution in [1.82, 2.24) is 4.90 Å². The molecule has 2 aromatic rings. The summed E-state index contributed by atoms with van der Waals surface area (Å²) >= 11 is 5.85. The maximum atomic E-state index is 12.5. The van der Waals surface area contributed by atoms with Gasteiger partial charge in [-0.3, -0.25) is 14.9 Å². The van der Waals surface area contributed by atoms with Crippen molar-refractivity contribution >= 4 is 34.6 Å². The molecule has 1 fully saturated rings. The lowest BCUT2D eigenvalue weighted by atomic mass is 10.1. The van der Waals surface area contributed by atoms with Gasteiger partial charge in [0.05, 0.1) is 16.3 Å². The molecule has 1 aliphatic heterocycles. The van der Waals surface area contributed by atoms with Gasteiger partial charge < -0.3 is 15.1 Å². The molecule has 0 saturated carbocycles. The molecule has 0 aliphatic carbocycles. The molecule has 0 radical (unpaired) electrons. The normalized spacial score (nSPS) is 14.9. The highest BCUT2D eigenvalue weighted by Gasteiger charge is 2.21. The van der Waals surface area contributed by atoms with Gasteiger partial charge in [0.2, 0.25) is 0 Å². The Morgan fingerprint density at radius 3 is 2.38 bits per heavy atom. The van der Waals surface area contributed by atoms with Crippen LogP contribution in [0.3, 0.4) is 0 Å². The molecule has 1 heterocycles. The summed E-state index contributed by atoms with van der Waals surface area (Å²) in [6.07, 6.45) is 0. The van der Waals surface area contributed by atoms with Gasteiger partial charge in [0.25, 0.3) is 11.6 Å². The number of likely N-dealkylation sites (N-methyl/N-ethyl adjacent to an activating group) is 1. The second kappa shape index (κ2) is 7.72. The van der Waals surface area contributed by atoms with Crippen LogP contribution in [0, 0.1) is 10.1 Å². The lowest BCUT2D eigenvalue weighted by molar-refractivity contribution is -0.384. The fourth-order valence-electron chi connectivity index (χ4n) is 2.86. The van der Waals surface area contributed by atoms with Gasteiger partial charge in [-0.1, -0.05) is 11.6 Å². The Hall–Kier alpha value is -2.64. The molecule has 1 aliphatic rings. The van der Waals surface area contributed by atoms with E-state index in [1.54, 1.807) is 30.3 Å². The third kappa shape index (κ3) is 4.12. The number of piperazine rings is 1. The van der Waals surface area contributed by atoms with Gasteiger partial charge in [0, 0.05) is 48.9 Å². The molecular weight excluding hydrogens is 356 g/mol. The minimum absolute atomic E-state index is 0.0608. The second-order valence-electron chi connectivity index (χ2n) is 6.21. The largest absolute Gasteiger partial charge is 0.367 e. The first-order valence-electron chi connectivity index (χ1n) is 8.23. The molecule has 1 amide bonds. The Labute approximate surface area is 156 Å².